The van der Waals surface area contributed by atoms with E-state index >= 15 is 0 Å². The Morgan fingerprint density at radius 2 is 1.57 bits per heavy atom. The van der Waals surface area contributed by atoms with Crippen LogP contribution in [0.25, 0.3) is 0 Å². The van der Waals surface area contributed by atoms with E-state index in [0.29, 0.717) is 6.42 Å². The molecular weight excluding hydrogens is 374 g/mol. The molecule has 0 atom stereocenters. The van der Waals surface area contributed by atoms with Crippen molar-refractivity contribution in [3.05, 3.63) is 29.8 Å². The number of nitrogens with zero attached hydrogens (tertiary/aromatic N) is 1. The van der Waals surface area contributed by atoms with Crippen LogP contribution in [-0.4, -0.2) is 37.7 Å². The molecule has 0 radical (unpaired) electrons. The molecular formula is C22H33NO4S. The highest BCUT2D eigenvalue weighted by molar-refractivity contribution is 7.92. The van der Waals surface area contributed by atoms with Crippen LogP contribution in [0.3, 0.4) is 0 Å². The molecule has 0 unspecified atom stereocenters. The van der Waals surface area contributed by atoms with Crippen molar-refractivity contribution in [2.75, 3.05) is 17.7 Å². The van der Waals surface area contributed by atoms with Gasteiger partial charge in [-0.05, 0) is 70.1 Å². The number of rotatable bonds is 6. The third kappa shape index (κ3) is 5.66. The van der Waals surface area contributed by atoms with Crippen molar-refractivity contribution >= 4 is 27.2 Å². The number of hydrogen-bond acceptors (Lipinski definition) is 4. The smallest absolute Gasteiger partial charge is 0.223 e. The van der Waals surface area contributed by atoms with Gasteiger partial charge < -0.3 is 4.90 Å². The van der Waals surface area contributed by atoms with Crippen molar-refractivity contribution in [1.29, 1.82) is 0 Å². The molecule has 0 bridgehead atoms. The van der Waals surface area contributed by atoms with Crippen molar-refractivity contribution in [3.8, 4) is 0 Å². The predicted octanol–water partition coefficient (Wildman–Crippen LogP) is 3.80. The normalized spacial score (nSPS) is 20.6. The van der Waals surface area contributed by atoms with E-state index in [4.69, 9.17) is 0 Å². The molecule has 1 amide bonds. The Balaban J connectivity index is 1.88. The minimum absolute atomic E-state index is 0.0214. The first-order chi connectivity index (χ1) is 12.9. The van der Waals surface area contributed by atoms with Crippen molar-refractivity contribution in [2.45, 2.75) is 64.5 Å². The maximum absolute atomic E-state index is 12.7. The van der Waals surface area contributed by atoms with E-state index in [1.165, 1.54) is 6.92 Å². The summed E-state index contributed by atoms with van der Waals surface area (Å²) in [5.74, 6) is 0.601. The van der Waals surface area contributed by atoms with Gasteiger partial charge in [0, 0.05) is 32.0 Å². The molecule has 1 aliphatic carbocycles. The van der Waals surface area contributed by atoms with Crippen molar-refractivity contribution < 1.29 is 18.0 Å². The minimum atomic E-state index is -3.11. The van der Waals surface area contributed by atoms with Crippen molar-refractivity contribution in [3.63, 3.8) is 0 Å². The van der Waals surface area contributed by atoms with Crippen LogP contribution in [-0.2, 0) is 25.8 Å². The fourth-order valence-electron chi connectivity index (χ4n) is 3.58. The van der Waals surface area contributed by atoms with E-state index in [2.05, 4.69) is 0 Å². The molecule has 0 saturated heterocycles. The summed E-state index contributed by atoms with van der Waals surface area (Å²) < 4.78 is 24.1. The lowest BCUT2D eigenvalue weighted by atomic mass is 9.79. The van der Waals surface area contributed by atoms with Gasteiger partial charge in [-0.2, -0.15) is 0 Å². The second-order valence-corrected chi connectivity index (χ2v) is 11.8. The molecule has 0 N–H and O–H groups in total. The number of anilines is 1. The van der Waals surface area contributed by atoms with Crippen LogP contribution in [0.2, 0.25) is 0 Å². The topological polar surface area (TPSA) is 71.5 Å². The van der Waals surface area contributed by atoms with Crippen LogP contribution in [0.5, 0.6) is 0 Å². The van der Waals surface area contributed by atoms with Gasteiger partial charge in [-0.15, -0.1) is 0 Å². The van der Waals surface area contributed by atoms with Crippen LogP contribution in [0.15, 0.2) is 24.3 Å². The number of ketones is 1. The highest BCUT2D eigenvalue weighted by atomic mass is 32.2. The molecule has 0 aliphatic heterocycles. The number of sulfone groups is 1. The van der Waals surface area contributed by atoms with Gasteiger partial charge in [0.15, 0.2) is 9.84 Å². The summed E-state index contributed by atoms with van der Waals surface area (Å²) in [6.07, 6.45) is 3.53. The quantitative estimate of drug-likeness (QED) is 0.719. The Labute approximate surface area is 169 Å². The fourth-order valence-corrected chi connectivity index (χ4v) is 5.03. The van der Waals surface area contributed by atoms with E-state index in [1.807, 2.05) is 24.3 Å². The van der Waals surface area contributed by atoms with Gasteiger partial charge in [-0.3, -0.25) is 9.59 Å². The zero-order chi connectivity index (χ0) is 21.1. The Morgan fingerprint density at radius 3 is 2.04 bits per heavy atom. The third-order valence-corrected chi connectivity index (χ3v) is 8.64. The van der Waals surface area contributed by atoms with Gasteiger partial charge in [0.05, 0.1) is 10.5 Å². The van der Waals surface area contributed by atoms with Crippen molar-refractivity contribution in [2.24, 2.45) is 11.8 Å². The summed E-state index contributed by atoms with van der Waals surface area (Å²) in [7, 11) is -1.39. The average Bonchev–Trinajstić information content (AvgIpc) is 2.61. The standard InChI is InChI=1S/C22H33NO4S/c1-16(24)23(5)20-12-8-17(9-13-20)14-21(25)19-10-6-18(7-11-19)15-28(26,27)22(2,3)4/h8-9,12-13,18-19H,6-7,10-11,14-15H2,1-5H3. The van der Waals surface area contributed by atoms with E-state index < -0.39 is 14.6 Å². The molecule has 0 spiro atoms. The lowest BCUT2D eigenvalue weighted by molar-refractivity contribution is -0.123. The van der Waals surface area contributed by atoms with Crippen LogP contribution < -0.4 is 4.90 Å². The maximum atomic E-state index is 12.7. The molecule has 1 aromatic carbocycles. The molecule has 2 rings (SSSR count). The summed E-state index contributed by atoms with van der Waals surface area (Å²) in [6.45, 7) is 6.76. The van der Waals surface area contributed by atoms with Crippen LogP contribution in [0.4, 0.5) is 5.69 Å². The summed E-state index contributed by atoms with van der Waals surface area (Å²) in [5, 5.41) is 0. The monoisotopic (exact) mass is 407 g/mol. The fraction of sp³-hybridized carbons (Fsp3) is 0.636. The van der Waals surface area contributed by atoms with Gasteiger partial charge in [-0.1, -0.05) is 12.1 Å². The Morgan fingerprint density at radius 1 is 1.04 bits per heavy atom. The molecule has 0 aromatic heterocycles. The van der Waals surface area contributed by atoms with Gasteiger partial charge in [-0.25, -0.2) is 8.42 Å². The molecule has 28 heavy (non-hydrogen) atoms. The Kier molecular flexibility index (Phi) is 7.07. The summed E-state index contributed by atoms with van der Waals surface area (Å²) >= 11 is 0. The highest BCUT2D eigenvalue weighted by Gasteiger charge is 2.34. The number of carbonyl (C=O) groups is 2. The molecule has 1 aromatic rings. The van der Waals surface area contributed by atoms with E-state index in [1.54, 1.807) is 32.7 Å². The first-order valence-corrected chi connectivity index (χ1v) is 11.6. The molecule has 0 heterocycles. The molecule has 1 fully saturated rings. The highest BCUT2D eigenvalue weighted by Crippen LogP contribution is 2.33. The number of benzene rings is 1. The lowest BCUT2D eigenvalue weighted by Gasteiger charge is -2.30. The lowest BCUT2D eigenvalue weighted by Crippen LogP contribution is -2.35. The van der Waals surface area contributed by atoms with Crippen LogP contribution in [0, 0.1) is 11.8 Å². The van der Waals surface area contributed by atoms with Gasteiger partial charge in [0.25, 0.3) is 0 Å². The SMILES string of the molecule is CC(=O)N(C)c1ccc(CC(=O)C2CCC(CS(=O)(=O)C(C)(C)C)CC2)cc1. The summed E-state index contributed by atoms with van der Waals surface area (Å²) in [4.78, 5) is 25.6. The average molecular weight is 408 g/mol. The van der Waals surface area contributed by atoms with Crippen LogP contribution in [0.1, 0.15) is 58.9 Å². The number of carbonyl (C=O) groups excluding carboxylic acids is 2. The molecule has 5 nitrogen and oxygen atoms in total. The maximum Gasteiger partial charge on any atom is 0.223 e. The first kappa shape index (κ1) is 22.6. The zero-order valence-electron chi connectivity index (χ0n) is 17.7. The van der Waals surface area contributed by atoms with E-state index in [9.17, 15) is 18.0 Å². The molecule has 1 saturated carbocycles. The molecule has 6 heteroatoms. The van der Waals surface area contributed by atoms with Gasteiger partial charge in [0.2, 0.25) is 5.91 Å². The van der Waals surface area contributed by atoms with Gasteiger partial charge in [0.1, 0.15) is 5.78 Å². The van der Waals surface area contributed by atoms with Crippen LogP contribution >= 0.6 is 0 Å². The zero-order valence-corrected chi connectivity index (χ0v) is 18.5. The molecule has 1 aliphatic rings. The summed E-state index contributed by atoms with van der Waals surface area (Å²) in [5.41, 5.74) is 1.76. The van der Waals surface area contributed by atoms with E-state index in [0.717, 1.165) is 36.9 Å². The van der Waals surface area contributed by atoms with Gasteiger partial charge >= 0.3 is 0 Å². The number of Topliss-reactive ketones (excluding diaryl/α,β-unsaturated/α-hetero) is 1. The molecule has 156 valence electrons. The van der Waals surface area contributed by atoms with E-state index in [-0.39, 0.29) is 29.3 Å². The largest absolute Gasteiger partial charge is 0.316 e. The minimum Gasteiger partial charge on any atom is -0.316 e. The third-order valence-electron chi connectivity index (χ3n) is 5.86. The second kappa shape index (κ2) is 8.76. The predicted molar refractivity (Wildman–Crippen MR) is 113 cm³/mol. The first-order valence-electron chi connectivity index (χ1n) is 9.99. The number of amides is 1. The second-order valence-electron chi connectivity index (χ2n) is 9.00. The number of hydrogen-bond donors (Lipinski definition) is 0. The Hall–Kier alpha value is -1.69. The van der Waals surface area contributed by atoms with Crippen molar-refractivity contribution in [1.82, 2.24) is 0 Å². The summed E-state index contributed by atoms with van der Waals surface area (Å²) in [6, 6.07) is 7.51. The Bertz CT molecular complexity index is 798.